The molecular weight excluding hydrogens is 154 g/mol. The summed E-state index contributed by atoms with van der Waals surface area (Å²) < 4.78 is 0. The van der Waals surface area contributed by atoms with E-state index in [4.69, 9.17) is 0 Å². The standard InChI is InChI=1S/C9H11NO2/c1-6(11)8-5-7(12)3-4-9(8)10-2/h2-5H2,1H3. The molecule has 64 valence electrons. The maximum Gasteiger partial charge on any atom is 0.158 e. The van der Waals surface area contributed by atoms with Gasteiger partial charge in [-0.15, -0.1) is 0 Å². The second-order valence-corrected chi connectivity index (χ2v) is 2.85. The first-order valence-corrected chi connectivity index (χ1v) is 3.86. The Bertz CT molecular complexity index is 276. The number of hydrogen-bond acceptors (Lipinski definition) is 3. The third-order valence-corrected chi connectivity index (χ3v) is 1.98. The smallest absolute Gasteiger partial charge is 0.158 e. The van der Waals surface area contributed by atoms with Crippen molar-refractivity contribution >= 4 is 18.3 Å². The molecule has 1 rings (SSSR count). The normalized spacial score (nSPS) is 17.9. The maximum absolute atomic E-state index is 11.0. The number of carbonyl (C=O) groups excluding carboxylic acids is 2. The van der Waals surface area contributed by atoms with Crippen molar-refractivity contribution in [3.63, 3.8) is 0 Å². The summed E-state index contributed by atoms with van der Waals surface area (Å²) >= 11 is 0. The highest BCUT2D eigenvalue weighted by Crippen LogP contribution is 2.23. The number of Topliss-reactive ketones (excluding diaryl/α,β-unsaturated/α-hetero) is 2. The lowest BCUT2D eigenvalue weighted by atomic mass is 9.93. The van der Waals surface area contributed by atoms with E-state index in [2.05, 4.69) is 11.7 Å². The number of nitrogens with zero attached hydrogens (tertiary/aromatic N) is 1. The van der Waals surface area contributed by atoms with Gasteiger partial charge in [-0.3, -0.25) is 14.6 Å². The Morgan fingerprint density at radius 3 is 2.67 bits per heavy atom. The molecule has 0 radical (unpaired) electrons. The molecule has 0 aromatic carbocycles. The lowest BCUT2D eigenvalue weighted by Gasteiger charge is -2.13. The fourth-order valence-corrected chi connectivity index (χ4v) is 1.30. The van der Waals surface area contributed by atoms with E-state index >= 15 is 0 Å². The first-order valence-electron chi connectivity index (χ1n) is 3.86. The molecule has 0 saturated carbocycles. The quantitative estimate of drug-likeness (QED) is 0.579. The Labute approximate surface area is 71.2 Å². The predicted molar refractivity (Wildman–Crippen MR) is 46.1 cm³/mol. The van der Waals surface area contributed by atoms with Crippen molar-refractivity contribution in [1.29, 1.82) is 0 Å². The molecule has 1 aliphatic rings. The first kappa shape index (κ1) is 8.84. The summed E-state index contributed by atoms with van der Waals surface area (Å²) in [4.78, 5) is 25.7. The van der Waals surface area contributed by atoms with Crippen molar-refractivity contribution in [3.05, 3.63) is 11.3 Å². The molecule has 0 aliphatic heterocycles. The fourth-order valence-electron chi connectivity index (χ4n) is 1.30. The predicted octanol–water partition coefficient (Wildman–Crippen LogP) is 1.28. The summed E-state index contributed by atoms with van der Waals surface area (Å²) in [6, 6.07) is 0. The molecule has 0 saturated heterocycles. The van der Waals surface area contributed by atoms with Gasteiger partial charge in [-0.1, -0.05) is 0 Å². The lowest BCUT2D eigenvalue weighted by Crippen LogP contribution is -2.13. The summed E-state index contributed by atoms with van der Waals surface area (Å²) in [5.74, 6) is 0.0538. The van der Waals surface area contributed by atoms with Gasteiger partial charge in [0.1, 0.15) is 5.78 Å². The monoisotopic (exact) mass is 165 g/mol. The van der Waals surface area contributed by atoms with Crippen LogP contribution in [-0.2, 0) is 9.59 Å². The Balaban J connectivity index is 2.99. The molecule has 1 aliphatic carbocycles. The molecule has 0 atom stereocenters. The van der Waals surface area contributed by atoms with Gasteiger partial charge in [-0.2, -0.15) is 0 Å². The second kappa shape index (κ2) is 3.43. The zero-order valence-corrected chi connectivity index (χ0v) is 7.09. The van der Waals surface area contributed by atoms with Crippen LogP contribution >= 0.6 is 0 Å². The van der Waals surface area contributed by atoms with Gasteiger partial charge in [0.15, 0.2) is 5.78 Å². The van der Waals surface area contributed by atoms with Crippen molar-refractivity contribution in [2.24, 2.45) is 4.99 Å². The molecule has 0 bridgehead atoms. The van der Waals surface area contributed by atoms with Crippen LogP contribution in [0.15, 0.2) is 16.3 Å². The molecule has 12 heavy (non-hydrogen) atoms. The average Bonchev–Trinajstić information content (AvgIpc) is 2.04. The van der Waals surface area contributed by atoms with Crippen LogP contribution in [0.1, 0.15) is 26.2 Å². The average molecular weight is 165 g/mol. The largest absolute Gasteiger partial charge is 0.299 e. The van der Waals surface area contributed by atoms with Gasteiger partial charge >= 0.3 is 0 Å². The van der Waals surface area contributed by atoms with E-state index in [0.29, 0.717) is 24.1 Å². The summed E-state index contributed by atoms with van der Waals surface area (Å²) in [6.07, 6.45) is 1.30. The van der Waals surface area contributed by atoms with E-state index in [0.717, 1.165) is 0 Å². The van der Waals surface area contributed by atoms with E-state index in [1.54, 1.807) is 0 Å². The second-order valence-electron chi connectivity index (χ2n) is 2.85. The van der Waals surface area contributed by atoms with Gasteiger partial charge in [-0.05, 0) is 20.1 Å². The maximum atomic E-state index is 11.0. The lowest BCUT2D eigenvalue weighted by molar-refractivity contribution is -0.121. The number of rotatable bonds is 2. The molecule has 0 fully saturated rings. The third kappa shape index (κ3) is 1.67. The Kier molecular flexibility index (Phi) is 2.53. The van der Waals surface area contributed by atoms with Crippen LogP contribution < -0.4 is 0 Å². The molecule has 0 amide bonds. The van der Waals surface area contributed by atoms with Crippen molar-refractivity contribution in [3.8, 4) is 0 Å². The molecule has 0 unspecified atom stereocenters. The topological polar surface area (TPSA) is 46.5 Å². The van der Waals surface area contributed by atoms with E-state index in [1.807, 2.05) is 0 Å². The van der Waals surface area contributed by atoms with Crippen molar-refractivity contribution in [2.75, 3.05) is 0 Å². The van der Waals surface area contributed by atoms with Crippen molar-refractivity contribution in [2.45, 2.75) is 26.2 Å². The summed E-state index contributed by atoms with van der Waals surface area (Å²) in [5.41, 5.74) is 1.24. The van der Waals surface area contributed by atoms with Gasteiger partial charge in [0, 0.05) is 24.1 Å². The van der Waals surface area contributed by atoms with Crippen LogP contribution in [-0.4, -0.2) is 18.3 Å². The van der Waals surface area contributed by atoms with Crippen LogP contribution in [0.3, 0.4) is 0 Å². The highest BCUT2D eigenvalue weighted by Gasteiger charge is 2.20. The Morgan fingerprint density at radius 1 is 1.50 bits per heavy atom. The molecule has 0 aromatic heterocycles. The minimum atomic E-state index is -0.0644. The highest BCUT2D eigenvalue weighted by atomic mass is 16.1. The van der Waals surface area contributed by atoms with E-state index in [1.165, 1.54) is 6.92 Å². The van der Waals surface area contributed by atoms with E-state index < -0.39 is 0 Å². The number of hydrogen-bond donors (Lipinski definition) is 0. The van der Waals surface area contributed by atoms with Crippen LogP contribution in [0.5, 0.6) is 0 Å². The van der Waals surface area contributed by atoms with Gasteiger partial charge in [0.05, 0.1) is 0 Å². The zero-order chi connectivity index (χ0) is 9.14. The van der Waals surface area contributed by atoms with Gasteiger partial charge in [0.2, 0.25) is 0 Å². The minimum Gasteiger partial charge on any atom is -0.299 e. The van der Waals surface area contributed by atoms with Crippen molar-refractivity contribution < 1.29 is 9.59 Å². The third-order valence-electron chi connectivity index (χ3n) is 1.98. The van der Waals surface area contributed by atoms with Gasteiger partial charge in [-0.25, -0.2) is 0 Å². The first-order chi connectivity index (χ1) is 5.65. The zero-order valence-electron chi connectivity index (χ0n) is 7.09. The van der Waals surface area contributed by atoms with E-state index in [-0.39, 0.29) is 18.0 Å². The molecule has 3 heteroatoms. The minimum absolute atomic E-state index is 0.0644. The van der Waals surface area contributed by atoms with Crippen LogP contribution in [0, 0.1) is 0 Å². The van der Waals surface area contributed by atoms with Crippen LogP contribution in [0.2, 0.25) is 0 Å². The van der Waals surface area contributed by atoms with Gasteiger partial charge < -0.3 is 0 Å². The fraction of sp³-hybridized carbons (Fsp3) is 0.444. The molecule has 0 aromatic rings. The van der Waals surface area contributed by atoms with Crippen molar-refractivity contribution in [1.82, 2.24) is 0 Å². The number of aliphatic imine (C=N–C) groups is 1. The molecule has 0 heterocycles. The molecule has 0 spiro atoms. The van der Waals surface area contributed by atoms with Crippen LogP contribution in [0.4, 0.5) is 0 Å². The number of allylic oxidation sites excluding steroid dienone is 2. The summed E-state index contributed by atoms with van der Waals surface area (Å²) in [5, 5.41) is 0. The Morgan fingerprint density at radius 2 is 2.17 bits per heavy atom. The summed E-state index contributed by atoms with van der Waals surface area (Å²) in [6.45, 7) is 4.83. The highest BCUT2D eigenvalue weighted by molar-refractivity contribution is 6.01. The molecule has 0 N–H and O–H groups in total. The van der Waals surface area contributed by atoms with E-state index in [9.17, 15) is 9.59 Å². The molecular formula is C9H11NO2. The van der Waals surface area contributed by atoms with Crippen LogP contribution in [0.25, 0.3) is 0 Å². The SMILES string of the molecule is C=NC1=C(C(C)=O)CC(=O)CC1. The number of ketones is 2. The Hall–Kier alpha value is -1.25. The molecule has 3 nitrogen and oxygen atoms in total. The number of carbonyl (C=O) groups is 2. The summed E-state index contributed by atoms with van der Waals surface area (Å²) in [7, 11) is 0. The van der Waals surface area contributed by atoms with Gasteiger partial charge in [0.25, 0.3) is 0 Å².